The van der Waals surface area contributed by atoms with Crippen LogP contribution in [0.2, 0.25) is 0 Å². The summed E-state index contributed by atoms with van der Waals surface area (Å²) < 4.78 is 6.82. The summed E-state index contributed by atoms with van der Waals surface area (Å²) in [5.41, 5.74) is 7.10. The van der Waals surface area contributed by atoms with Crippen LogP contribution in [0.1, 0.15) is 17.2 Å². The molecule has 2 aliphatic carbocycles. The lowest BCUT2D eigenvalue weighted by Crippen LogP contribution is -2.11. The van der Waals surface area contributed by atoms with Crippen molar-refractivity contribution in [3.05, 3.63) is 139 Å². The van der Waals surface area contributed by atoms with E-state index in [1.807, 2.05) is 0 Å². The number of benzene rings is 5. The molecule has 0 N–H and O–H groups in total. The van der Waals surface area contributed by atoms with E-state index in [1.54, 1.807) is 0 Å². The predicted molar refractivity (Wildman–Crippen MR) is 156 cm³/mol. The zero-order valence-electron chi connectivity index (χ0n) is 20.3. The highest BCUT2D eigenvalue weighted by Gasteiger charge is 2.30. The van der Waals surface area contributed by atoms with Crippen molar-refractivity contribution < 1.29 is 4.42 Å². The summed E-state index contributed by atoms with van der Waals surface area (Å²) in [5.74, 6) is 1.68. The quantitative estimate of drug-likeness (QED) is 0.229. The maximum atomic E-state index is 6.82. The largest absolute Gasteiger partial charge is 0.459 e. The molecule has 1 aromatic heterocycles. The van der Waals surface area contributed by atoms with E-state index in [0.717, 1.165) is 16.9 Å². The minimum Gasteiger partial charge on any atom is -0.459 e. The topological polar surface area (TPSA) is 13.1 Å². The van der Waals surface area contributed by atoms with Crippen molar-refractivity contribution >= 4 is 38.6 Å². The number of para-hydroxylation sites is 1. The Kier molecular flexibility index (Phi) is 4.41. The maximum Gasteiger partial charge on any atom is 0.142 e. The van der Waals surface area contributed by atoms with E-state index < -0.39 is 0 Å². The Bertz CT molecular complexity index is 1870. The normalized spacial score (nSPS) is 17.9. The van der Waals surface area contributed by atoms with Crippen molar-refractivity contribution in [3.63, 3.8) is 0 Å². The van der Waals surface area contributed by atoms with E-state index in [2.05, 4.69) is 134 Å². The van der Waals surface area contributed by atoms with Crippen molar-refractivity contribution in [3.8, 4) is 22.3 Å². The van der Waals surface area contributed by atoms with Gasteiger partial charge in [-0.15, -0.1) is 0 Å². The van der Waals surface area contributed by atoms with E-state index in [9.17, 15) is 0 Å². The molecule has 0 fully saturated rings. The standard InChI is InChI=1S/C36H24O/c1-2-12-24(13-3-1)33-26-15-6-8-17-28(26)34(29-18-9-7-16-27(29)33)32-20-10-19-30-31-22-21-23-11-4-5-14-25(23)35(31)37-36(30)32/h1-23,25H. The molecule has 0 spiro atoms. The van der Waals surface area contributed by atoms with Gasteiger partial charge < -0.3 is 4.42 Å². The van der Waals surface area contributed by atoms with E-state index in [4.69, 9.17) is 4.42 Å². The zero-order chi connectivity index (χ0) is 24.3. The van der Waals surface area contributed by atoms with Gasteiger partial charge in [-0.3, -0.25) is 0 Å². The van der Waals surface area contributed by atoms with Gasteiger partial charge in [0.15, 0.2) is 0 Å². The third kappa shape index (κ3) is 2.98. The molecule has 0 amide bonds. The lowest BCUT2D eigenvalue weighted by Gasteiger charge is -2.23. The van der Waals surface area contributed by atoms with Gasteiger partial charge in [-0.1, -0.05) is 134 Å². The fraction of sp³-hybridized carbons (Fsp3) is 0.0556. The molecule has 5 aromatic carbocycles. The number of rotatable bonds is 2. The Morgan fingerprint density at radius 1 is 0.514 bits per heavy atom. The van der Waals surface area contributed by atoms with Crippen LogP contribution >= 0.6 is 0 Å². The molecule has 2 atom stereocenters. The Balaban J connectivity index is 1.49. The van der Waals surface area contributed by atoms with Crippen LogP contribution in [0.4, 0.5) is 0 Å². The summed E-state index contributed by atoms with van der Waals surface area (Å²) in [6.07, 6.45) is 13.4. The Labute approximate surface area is 215 Å². The first kappa shape index (κ1) is 20.6. The van der Waals surface area contributed by atoms with Gasteiger partial charge in [0.2, 0.25) is 0 Å². The molecular formula is C36H24O. The summed E-state index contributed by atoms with van der Waals surface area (Å²) in [6.45, 7) is 0. The van der Waals surface area contributed by atoms with Gasteiger partial charge in [-0.25, -0.2) is 0 Å². The molecule has 0 radical (unpaired) electrons. The van der Waals surface area contributed by atoms with Crippen LogP contribution < -0.4 is 0 Å². The van der Waals surface area contributed by atoms with Crippen LogP contribution in [-0.2, 0) is 0 Å². The molecule has 0 aliphatic heterocycles. The third-order valence-electron chi connectivity index (χ3n) is 8.01. The molecule has 6 aromatic rings. The van der Waals surface area contributed by atoms with Gasteiger partial charge in [0.1, 0.15) is 11.3 Å². The molecule has 1 nitrogen and oxygen atoms in total. The van der Waals surface area contributed by atoms with E-state index in [0.29, 0.717) is 5.92 Å². The minimum atomic E-state index is 0.249. The Hall–Kier alpha value is -4.62. The second-order valence-electron chi connectivity index (χ2n) is 10.0. The number of hydrogen-bond donors (Lipinski definition) is 0. The van der Waals surface area contributed by atoms with Gasteiger partial charge in [0, 0.05) is 33.9 Å². The van der Waals surface area contributed by atoms with Crippen molar-refractivity contribution in [1.82, 2.24) is 0 Å². The first-order valence-corrected chi connectivity index (χ1v) is 13.0. The fourth-order valence-corrected chi connectivity index (χ4v) is 6.39. The zero-order valence-corrected chi connectivity index (χ0v) is 20.3. The van der Waals surface area contributed by atoms with E-state index in [1.165, 1.54) is 49.2 Å². The molecule has 37 heavy (non-hydrogen) atoms. The van der Waals surface area contributed by atoms with Gasteiger partial charge in [0.05, 0.1) is 0 Å². The number of furan rings is 1. The van der Waals surface area contributed by atoms with Crippen molar-refractivity contribution in [2.75, 3.05) is 0 Å². The van der Waals surface area contributed by atoms with Crippen LogP contribution in [0.3, 0.4) is 0 Å². The van der Waals surface area contributed by atoms with Crippen molar-refractivity contribution in [2.45, 2.75) is 5.92 Å². The second kappa shape index (κ2) is 7.94. The lowest BCUT2D eigenvalue weighted by molar-refractivity contribution is 0.492. The number of hydrogen-bond acceptors (Lipinski definition) is 1. The van der Waals surface area contributed by atoms with Crippen LogP contribution in [0.15, 0.2) is 132 Å². The first-order chi connectivity index (χ1) is 18.4. The molecule has 174 valence electrons. The second-order valence-corrected chi connectivity index (χ2v) is 10.0. The Morgan fingerprint density at radius 2 is 1.14 bits per heavy atom. The third-order valence-corrected chi connectivity index (χ3v) is 8.01. The smallest absolute Gasteiger partial charge is 0.142 e. The van der Waals surface area contributed by atoms with Crippen molar-refractivity contribution in [2.24, 2.45) is 5.92 Å². The average Bonchev–Trinajstić information content (AvgIpc) is 3.36. The van der Waals surface area contributed by atoms with Crippen LogP contribution in [-0.4, -0.2) is 0 Å². The molecule has 1 heteroatoms. The van der Waals surface area contributed by atoms with Gasteiger partial charge in [-0.2, -0.15) is 0 Å². The molecule has 2 unspecified atom stereocenters. The van der Waals surface area contributed by atoms with Crippen LogP contribution in [0.25, 0.3) is 60.8 Å². The maximum absolute atomic E-state index is 6.82. The molecule has 2 aliphatic rings. The summed E-state index contributed by atoms with van der Waals surface area (Å²) >= 11 is 0. The molecule has 1 heterocycles. The molecule has 0 saturated heterocycles. The molecule has 8 rings (SSSR count). The first-order valence-electron chi connectivity index (χ1n) is 13.0. The minimum absolute atomic E-state index is 0.249. The highest BCUT2D eigenvalue weighted by molar-refractivity contribution is 6.23. The van der Waals surface area contributed by atoms with Crippen LogP contribution in [0, 0.1) is 5.92 Å². The van der Waals surface area contributed by atoms with Gasteiger partial charge >= 0.3 is 0 Å². The average molecular weight is 473 g/mol. The molecule has 0 saturated carbocycles. The Morgan fingerprint density at radius 3 is 1.86 bits per heavy atom. The highest BCUT2D eigenvalue weighted by atomic mass is 16.3. The predicted octanol–water partition coefficient (Wildman–Crippen LogP) is 9.93. The summed E-state index contributed by atoms with van der Waals surface area (Å²) in [7, 11) is 0. The summed E-state index contributed by atoms with van der Waals surface area (Å²) in [4.78, 5) is 0. The van der Waals surface area contributed by atoms with E-state index >= 15 is 0 Å². The van der Waals surface area contributed by atoms with Crippen molar-refractivity contribution in [1.29, 1.82) is 0 Å². The SMILES string of the molecule is C1=CC2C=Cc3c(oc4c(-c5c6ccccc6c(-c6ccccc6)c6ccccc56)cccc34)C2C=C1. The number of allylic oxidation sites excluding steroid dienone is 5. The van der Waals surface area contributed by atoms with Gasteiger partial charge in [-0.05, 0) is 32.7 Å². The fourth-order valence-electron chi connectivity index (χ4n) is 6.39. The lowest BCUT2D eigenvalue weighted by atomic mass is 9.80. The van der Waals surface area contributed by atoms with E-state index in [-0.39, 0.29) is 5.92 Å². The highest BCUT2D eigenvalue weighted by Crippen LogP contribution is 2.48. The summed E-state index contributed by atoms with van der Waals surface area (Å²) in [5, 5.41) is 6.20. The number of fused-ring (bicyclic) bond motifs is 7. The molecular weight excluding hydrogens is 448 g/mol. The monoisotopic (exact) mass is 472 g/mol. The summed E-state index contributed by atoms with van der Waals surface area (Å²) in [6, 6.07) is 35.0. The van der Waals surface area contributed by atoms with Gasteiger partial charge in [0.25, 0.3) is 0 Å². The molecule has 0 bridgehead atoms. The van der Waals surface area contributed by atoms with Crippen LogP contribution in [0.5, 0.6) is 0 Å².